The predicted molar refractivity (Wildman–Crippen MR) is 128 cm³/mol. The van der Waals surface area contributed by atoms with Crippen LogP contribution in [0.2, 0.25) is 0 Å². The maximum atomic E-state index is 12.4. The Morgan fingerprint density at radius 1 is 1.12 bits per heavy atom. The van der Waals surface area contributed by atoms with Gasteiger partial charge in [0, 0.05) is 12.7 Å². The minimum Gasteiger partial charge on any atom is -0.485 e. The van der Waals surface area contributed by atoms with E-state index in [-0.39, 0.29) is 18.3 Å². The van der Waals surface area contributed by atoms with Crippen LogP contribution in [0.4, 0.5) is 5.69 Å². The molecule has 9 heteroatoms. The molecule has 0 fully saturated rings. The van der Waals surface area contributed by atoms with Crippen molar-refractivity contribution >= 4 is 29.3 Å². The summed E-state index contributed by atoms with van der Waals surface area (Å²) in [4.78, 5) is 24.4. The zero-order valence-electron chi connectivity index (χ0n) is 19.3. The first-order valence-electron chi connectivity index (χ1n) is 10.7. The van der Waals surface area contributed by atoms with Crippen molar-refractivity contribution in [3.8, 4) is 5.75 Å². The second-order valence-corrected chi connectivity index (χ2v) is 8.51. The van der Waals surface area contributed by atoms with Gasteiger partial charge in [0.25, 0.3) is 0 Å². The molecule has 0 spiro atoms. The summed E-state index contributed by atoms with van der Waals surface area (Å²) in [6.07, 6.45) is 0.751. The summed E-state index contributed by atoms with van der Waals surface area (Å²) < 4.78 is 12.9. The number of ether oxygens (including phenoxy) is 2. The van der Waals surface area contributed by atoms with Gasteiger partial charge in [-0.1, -0.05) is 36.9 Å². The molecule has 0 unspecified atom stereocenters. The van der Waals surface area contributed by atoms with Crippen molar-refractivity contribution in [3.63, 3.8) is 0 Å². The number of benzene rings is 2. The van der Waals surface area contributed by atoms with E-state index in [0.717, 1.165) is 23.3 Å². The van der Waals surface area contributed by atoms with Crippen LogP contribution in [-0.2, 0) is 23.2 Å². The number of hydrogen-bond donors (Lipinski definition) is 1. The van der Waals surface area contributed by atoms with Gasteiger partial charge in [0.15, 0.2) is 11.0 Å². The summed E-state index contributed by atoms with van der Waals surface area (Å²) in [5.74, 6) is 1.01. The molecule has 3 rings (SSSR count). The fraction of sp³-hybridized carbons (Fsp3) is 0.333. The lowest BCUT2D eigenvalue weighted by Gasteiger charge is -2.10. The van der Waals surface area contributed by atoms with E-state index >= 15 is 0 Å². The van der Waals surface area contributed by atoms with Crippen LogP contribution in [0.1, 0.15) is 40.7 Å². The fourth-order valence-corrected chi connectivity index (χ4v) is 3.66. The molecule has 0 aliphatic carbocycles. The molecular weight excluding hydrogens is 440 g/mol. The lowest BCUT2D eigenvalue weighted by molar-refractivity contribution is -0.113. The lowest BCUT2D eigenvalue weighted by Crippen LogP contribution is -2.15. The minimum absolute atomic E-state index is 0.147. The number of nitrogens with zero attached hydrogens (tertiary/aromatic N) is 3. The second-order valence-electron chi connectivity index (χ2n) is 7.57. The fourth-order valence-electron chi connectivity index (χ4n) is 2.93. The van der Waals surface area contributed by atoms with Crippen molar-refractivity contribution in [1.29, 1.82) is 0 Å². The van der Waals surface area contributed by atoms with Gasteiger partial charge >= 0.3 is 5.97 Å². The van der Waals surface area contributed by atoms with E-state index in [1.165, 1.54) is 11.8 Å². The van der Waals surface area contributed by atoms with E-state index in [9.17, 15) is 9.59 Å². The number of amides is 1. The Labute approximate surface area is 197 Å². The van der Waals surface area contributed by atoms with Crippen LogP contribution in [0.15, 0.2) is 47.6 Å². The van der Waals surface area contributed by atoms with Crippen molar-refractivity contribution in [1.82, 2.24) is 14.8 Å². The average Bonchev–Trinajstić information content (AvgIpc) is 3.16. The van der Waals surface area contributed by atoms with Gasteiger partial charge in [0.2, 0.25) is 5.91 Å². The van der Waals surface area contributed by atoms with Crippen molar-refractivity contribution in [3.05, 3.63) is 65.0 Å². The molecule has 3 aromatic rings. The molecule has 0 atom stereocenters. The molecule has 2 aromatic carbocycles. The zero-order valence-corrected chi connectivity index (χ0v) is 20.1. The summed E-state index contributed by atoms with van der Waals surface area (Å²) in [5.41, 5.74) is 3.11. The topological polar surface area (TPSA) is 95.3 Å². The van der Waals surface area contributed by atoms with E-state index < -0.39 is 5.97 Å². The van der Waals surface area contributed by atoms with Gasteiger partial charge in [-0.15, -0.1) is 10.2 Å². The van der Waals surface area contributed by atoms with Gasteiger partial charge in [-0.25, -0.2) is 4.79 Å². The van der Waals surface area contributed by atoms with E-state index in [2.05, 4.69) is 15.5 Å². The molecule has 33 heavy (non-hydrogen) atoms. The van der Waals surface area contributed by atoms with Gasteiger partial charge < -0.3 is 19.4 Å². The summed E-state index contributed by atoms with van der Waals surface area (Å²) in [7, 11) is 1.84. The van der Waals surface area contributed by atoms with E-state index in [0.29, 0.717) is 28.8 Å². The summed E-state index contributed by atoms with van der Waals surface area (Å²) in [6, 6.07) is 12.7. The number of nitrogens with one attached hydrogen (secondary N) is 1. The van der Waals surface area contributed by atoms with Crippen LogP contribution in [0.5, 0.6) is 5.75 Å². The van der Waals surface area contributed by atoms with Crippen LogP contribution in [0.3, 0.4) is 0 Å². The maximum absolute atomic E-state index is 12.4. The Morgan fingerprint density at radius 3 is 2.73 bits per heavy atom. The van der Waals surface area contributed by atoms with Crippen LogP contribution in [0, 0.1) is 13.8 Å². The number of carbonyl (C=O) groups is 2. The van der Waals surface area contributed by atoms with Crippen LogP contribution in [-0.4, -0.2) is 39.0 Å². The van der Waals surface area contributed by atoms with Crippen molar-refractivity contribution < 1.29 is 19.1 Å². The number of aryl methyl sites for hydroxylation is 2. The van der Waals surface area contributed by atoms with Crippen molar-refractivity contribution in [2.24, 2.45) is 7.05 Å². The first kappa shape index (κ1) is 24.3. The van der Waals surface area contributed by atoms with Crippen LogP contribution >= 0.6 is 11.8 Å². The zero-order chi connectivity index (χ0) is 23.8. The molecule has 0 radical (unpaired) electrons. The number of rotatable bonds is 10. The lowest BCUT2D eigenvalue weighted by atomic mass is 10.1. The largest absolute Gasteiger partial charge is 0.485 e. The molecule has 1 N–H and O–H groups in total. The summed E-state index contributed by atoms with van der Waals surface area (Å²) >= 11 is 1.27. The average molecular weight is 469 g/mol. The van der Waals surface area contributed by atoms with Gasteiger partial charge in [0.05, 0.1) is 17.9 Å². The third kappa shape index (κ3) is 6.82. The van der Waals surface area contributed by atoms with E-state index in [4.69, 9.17) is 9.47 Å². The molecule has 8 nitrogen and oxygen atoms in total. The Morgan fingerprint density at radius 2 is 1.94 bits per heavy atom. The highest BCUT2D eigenvalue weighted by atomic mass is 32.2. The Bertz CT molecular complexity index is 1130. The van der Waals surface area contributed by atoms with Gasteiger partial charge in [-0.05, 0) is 55.7 Å². The third-order valence-electron chi connectivity index (χ3n) is 4.78. The number of carbonyl (C=O) groups excluding carboxylic acids is 2. The maximum Gasteiger partial charge on any atom is 0.338 e. The molecule has 1 amide bonds. The molecule has 0 aliphatic heterocycles. The number of thioether (sulfide) groups is 1. The minimum atomic E-state index is -0.406. The number of esters is 1. The molecule has 0 saturated heterocycles. The van der Waals surface area contributed by atoms with E-state index in [1.54, 1.807) is 24.3 Å². The van der Waals surface area contributed by atoms with E-state index in [1.807, 2.05) is 50.6 Å². The van der Waals surface area contributed by atoms with Gasteiger partial charge in [0.1, 0.15) is 12.4 Å². The Balaban J connectivity index is 1.53. The molecule has 1 heterocycles. The van der Waals surface area contributed by atoms with Crippen LogP contribution in [0.25, 0.3) is 0 Å². The van der Waals surface area contributed by atoms with Crippen molar-refractivity contribution in [2.45, 2.75) is 39.0 Å². The second kappa shape index (κ2) is 11.5. The SMILES string of the molecule is CCCOC(=O)c1cccc(NC(=O)CSc2nnc(COc3cc(C)ccc3C)n2C)c1. The molecular formula is C24H28N4O4S. The number of hydrogen-bond acceptors (Lipinski definition) is 7. The quantitative estimate of drug-likeness (QED) is 0.350. The molecule has 174 valence electrons. The van der Waals surface area contributed by atoms with Gasteiger partial charge in [-0.2, -0.15) is 0 Å². The first-order chi connectivity index (χ1) is 15.9. The molecule has 1 aromatic heterocycles. The number of aromatic nitrogens is 3. The first-order valence-corrected chi connectivity index (χ1v) is 11.6. The summed E-state index contributed by atoms with van der Waals surface area (Å²) in [6.45, 7) is 6.58. The normalized spacial score (nSPS) is 10.7. The smallest absolute Gasteiger partial charge is 0.338 e. The standard InChI is InChI=1S/C24H28N4O4S/c1-5-11-31-23(30)18-7-6-8-19(13-18)25-22(29)15-33-24-27-26-21(28(24)4)14-32-20-12-16(2)9-10-17(20)3/h6-10,12-13H,5,11,14-15H2,1-4H3,(H,25,29). The molecule has 0 aliphatic rings. The third-order valence-corrected chi connectivity index (χ3v) is 5.80. The summed E-state index contributed by atoms with van der Waals surface area (Å²) in [5, 5.41) is 11.8. The highest BCUT2D eigenvalue weighted by molar-refractivity contribution is 7.99. The van der Waals surface area contributed by atoms with Crippen LogP contribution < -0.4 is 10.1 Å². The van der Waals surface area contributed by atoms with Crippen molar-refractivity contribution in [2.75, 3.05) is 17.7 Å². The monoisotopic (exact) mass is 468 g/mol. The number of anilines is 1. The van der Waals surface area contributed by atoms with Gasteiger partial charge in [-0.3, -0.25) is 4.79 Å². The predicted octanol–water partition coefficient (Wildman–Crippen LogP) is 4.31. The molecule has 0 bridgehead atoms. The Kier molecular flexibility index (Phi) is 8.48. The highest BCUT2D eigenvalue weighted by Crippen LogP contribution is 2.22. The molecule has 0 saturated carbocycles. The Hall–Kier alpha value is -3.33. The highest BCUT2D eigenvalue weighted by Gasteiger charge is 2.14.